The van der Waals surface area contributed by atoms with Gasteiger partial charge in [0.2, 0.25) is 0 Å². The molecule has 0 aliphatic heterocycles. The highest BCUT2D eigenvalue weighted by molar-refractivity contribution is 7.99. The summed E-state index contributed by atoms with van der Waals surface area (Å²) >= 11 is 1.65. The highest BCUT2D eigenvalue weighted by Crippen LogP contribution is 2.52. The molecule has 5 nitrogen and oxygen atoms in total. The number of hydrogen-bond acceptors (Lipinski definition) is 5. The van der Waals surface area contributed by atoms with Crippen LogP contribution in [0.4, 0.5) is 0 Å². The average Bonchev–Trinajstić information content (AvgIpc) is 3.32. The summed E-state index contributed by atoms with van der Waals surface area (Å²) in [5.74, 6) is 0.0545. The third-order valence-corrected chi connectivity index (χ3v) is 5.39. The minimum Gasteiger partial charge on any atom is -0.481 e. The number of aliphatic carboxylic acids is 1. The van der Waals surface area contributed by atoms with Gasteiger partial charge < -0.3 is 5.11 Å². The van der Waals surface area contributed by atoms with E-state index < -0.39 is 5.97 Å². The quantitative estimate of drug-likeness (QED) is 0.819. The lowest BCUT2D eigenvalue weighted by Gasteiger charge is -2.13. The minimum atomic E-state index is -0.730. The van der Waals surface area contributed by atoms with Gasteiger partial charge in [-0.3, -0.25) is 14.8 Å². The molecule has 1 aliphatic carbocycles. The Labute approximate surface area is 138 Å². The Morgan fingerprint density at radius 1 is 1.35 bits per heavy atom. The van der Waals surface area contributed by atoms with E-state index in [0.717, 1.165) is 34.7 Å². The maximum absolute atomic E-state index is 11.0. The zero-order valence-electron chi connectivity index (χ0n) is 12.4. The molecule has 23 heavy (non-hydrogen) atoms. The summed E-state index contributed by atoms with van der Waals surface area (Å²) in [6.45, 7) is 0. The third-order valence-electron chi connectivity index (χ3n) is 3.97. The number of rotatable bonds is 6. The molecule has 0 bridgehead atoms. The van der Waals surface area contributed by atoms with Crippen LogP contribution in [0.5, 0.6) is 0 Å². The number of hydrogen-bond donors (Lipinski definition) is 1. The number of nitriles is 1. The van der Waals surface area contributed by atoms with Crippen molar-refractivity contribution in [1.82, 2.24) is 9.97 Å². The lowest BCUT2D eigenvalue weighted by atomic mass is 10.1. The lowest BCUT2D eigenvalue weighted by Crippen LogP contribution is -2.11. The molecule has 0 atom stereocenters. The van der Waals surface area contributed by atoms with Gasteiger partial charge in [0.25, 0.3) is 0 Å². The van der Waals surface area contributed by atoms with Crippen LogP contribution in [0.3, 0.4) is 0 Å². The Bertz CT molecular complexity index is 764. The van der Waals surface area contributed by atoms with Crippen LogP contribution in [-0.4, -0.2) is 26.8 Å². The molecule has 116 valence electrons. The summed E-state index contributed by atoms with van der Waals surface area (Å²) in [7, 11) is 0. The fraction of sp³-hybridized carbons (Fsp3) is 0.294. The van der Waals surface area contributed by atoms with Gasteiger partial charge in [-0.15, -0.1) is 11.8 Å². The van der Waals surface area contributed by atoms with Gasteiger partial charge >= 0.3 is 5.97 Å². The number of thioether (sulfide) groups is 1. The van der Waals surface area contributed by atoms with Crippen LogP contribution < -0.4 is 0 Å². The van der Waals surface area contributed by atoms with E-state index in [9.17, 15) is 4.79 Å². The molecule has 2 heterocycles. The van der Waals surface area contributed by atoms with Gasteiger partial charge in [0, 0.05) is 34.8 Å². The number of aromatic nitrogens is 2. The zero-order chi connectivity index (χ0) is 16.3. The van der Waals surface area contributed by atoms with Crippen LogP contribution in [0.15, 0.2) is 41.7 Å². The van der Waals surface area contributed by atoms with E-state index in [1.165, 1.54) is 0 Å². The monoisotopic (exact) mass is 325 g/mol. The molecular weight excluding hydrogens is 310 g/mol. The van der Waals surface area contributed by atoms with Gasteiger partial charge in [-0.2, -0.15) is 5.26 Å². The molecule has 0 aromatic carbocycles. The van der Waals surface area contributed by atoms with Crippen LogP contribution in [0, 0.1) is 16.7 Å². The van der Waals surface area contributed by atoms with Crippen molar-refractivity contribution >= 4 is 17.7 Å². The average molecular weight is 325 g/mol. The van der Waals surface area contributed by atoms with Crippen molar-refractivity contribution in [3.63, 3.8) is 0 Å². The second-order valence-corrected chi connectivity index (χ2v) is 6.79. The van der Waals surface area contributed by atoms with Crippen LogP contribution in [-0.2, 0) is 4.79 Å². The first-order chi connectivity index (χ1) is 11.1. The number of nitrogens with zero attached hydrogens (tertiary/aromatic N) is 3. The molecule has 0 amide bonds. The number of pyridine rings is 2. The fourth-order valence-corrected chi connectivity index (χ4v) is 3.74. The van der Waals surface area contributed by atoms with Gasteiger partial charge in [-0.25, -0.2) is 0 Å². The molecule has 2 aromatic heterocycles. The molecule has 0 radical (unpaired) electrons. The van der Waals surface area contributed by atoms with E-state index in [4.69, 9.17) is 10.4 Å². The third kappa shape index (κ3) is 3.69. The van der Waals surface area contributed by atoms with Crippen LogP contribution in [0.1, 0.15) is 24.8 Å². The highest BCUT2D eigenvalue weighted by atomic mass is 32.2. The fourth-order valence-electron chi connectivity index (χ4n) is 2.42. The summed E-state index contributed by atoms with van der Waals surface area (Å²) < 4.78 is 0. The predicted molar refractivity (Wildman–Crippen MR) is 86.8 cm³/mol. The van der Waals surface area contributed by atoms with Crippen molar-refractivity contribution in [1.29, 1.82) is 5.26 Å². The molecule has 6 heteroatoms. The van der Waals surface area contributed by atoms with E-state index in [1.54, 1.807) is 36.4 Å². The first-order valence-corrected chi connectivity index (χ1v) is 8.26. The van der Waals surface area contributed by atoms with Gasteiger partial charge in [-0.05, 0) is 36.5 Å². The van der Waals surface area contributed by atoms with Crippen LogP contribution >= 0.6 is 11.8 Å². The van der Waals surface area contributed by atoms with Crippen molar-refractivity contribution in [2.45, 2.75) is 24.2 Å². The Morgan fingerprint density at radius 2 is 2.17 bits per heavy atom. The first kappa shape index (κ1) is 15.5. The predicted octanol–water partition coefficient (Wildman–Crippen LogP) is 3.36. The Morgan fingerprint density at radius 3 is 2.78 bits per heavy atom. The van der Waals surface area contributed by atoms with E-state index in [1.807, 2.05) is 12.1 Å². The molecule has 1 saturated carbocycles. The molecule has 1 fully saturated rings. The number of carbonyl (C=O) groups is 1. The molecule has 0 spiro atoms. The van der Waals surface area contributed by atoms with E-state index >= 15 is 0 Å². The highest BCUT2D eigenvalue weighted by Gasteiger charge is 2.44. The molecular formula is C17H15N3O2S. The molecule has 3 rings (SSSR count). The van der Waals surface area contributed by atoms with Crippen molar-refractivity contribution in [2.75, 3.05) is 5.75 Å². The van der Waals surface area contributed by atoms with Crippen molar-refractivity contribution in [3.05, 3.63) is 42.4 Å². The van der Waals surface area contributed by atoms with Crippen molar-refractivity contribution in [3.8, 4) is 17.3 Å². The van der Waals surface area contributed by atoms with E-state index in [0.29, 0.717) is 5.56 Å². The zero-order valence-corrected chi connectivity index (χ0v) is 13.2. The van der Waals surface area contributed by atoms with E-state index in [-0.39, 0.29) is 11.8 Å². The summed E-state index contributed by atoms with van der Waals surface area (Å²) in [6.07, 6.45) is 7.21. The minimum absolute atomic E-state index is 0.0604. The summed E-state index contributed by atoms with van der Waals surface area (Å²) in [6, 6.07) is 7.52. The number of carboxylic acid groups (broad SMARTS) is 1. The van der Waals surface area contributed by atoms with Gasteiger partial charge in [0.15, 0.2) is 0 Å². The maximum atomic E-state index is 11.0. The number of carboxylic acids is 1. The van der Waals surface area contributed by atoms with Crippen LogP contribution in [0.25, 0.3) is 11.3 Å². The normalized spacial score (nSPS) is 14.9. The molecule has 0 unspecified atom stereocenters. The topological polar surface area (TPSA) is 86.9 Å². The molecule has 1 aliphatic rings. The first-order valence-electron chi connectivity index (χ1n) is 7.27. The largest absolute Gasteiger partial charge is 0.481 e. The molecule has 2 aromatic rings. The van der Waals surface area contributed by atoms with Gasteiger partial charge in [-0.1, -0.05) is 0 Å². The second-order valence-electron chi connectivity index (χ2n) is 5.77. The SMILES string of the molecule is N#Cc1ccc(-c2cnccc2SCC2(CC(=O)O)CC2)nc1. The Hall–Kier alpha value is -2.39. The summed E-state index contributed by atoms with van der Waals surface area (Å²) in [4.78, 5) is 20.5. The van der Waals surface area contributed by atoms with Crippen LogP contribution in [0.2, 0.25) is 0 Å². The van der Waals surface area contributed by atoms with Crippen molar-refractivity contribution in [2.24, 2.45) is 5.41 Å². The molecule has 1 N–H and O–H groups in total. The molecule has 0 saturated heterocycles. The lowest BCUT2D eigenvalue weighted by molar-refractivity contribution is -0.138. The smallest absolute Gasteiger partial charge is 0.303 e. The second kappa shape index (κ2) is 6.39. The standard InChI is InChI=1S/C17H15N3O2S/c18-8-12-1-2-14(20-9-12)13-10-19-6-3-15(13)23-11-17(4-5-17)7-16(21)22/h1-3,6,9-10H,4-5,7,11H2,(H,21,22). The Kier molecular flexibility index (Phi) is 4.30. The summed E-state index contributed by atoms with van der Waals surface area (Å²) in [5.41, 5.74) is 2.14. The van der Waals surface area contributed by atoms with Crippen molar-refractivity contribution < 1.29 is 9.90 Å². The van der Waals surface area contributed by atoms with E-state index in [2.05, 4.69) is 16.0 Å². The Balaban J connectivity index is 1.78. The van der Waals surface area contributed by atoms with Gasteiger partial charge in [0.05, 0.1) is 17.7 Å². The van der Waals surface area contributed by atoms with Gasteiger partial charge in [0.1, 0.15) is 6.07 Å². The maximum Gasteiger partial charge on any atom is 0.303 e. The summed E-state index contributed by atoms with van der Waals surface area (Å²) in [5, 5.41) is 17.9.